The average Bonchev–Trinajstić information content (AvgIpc) is 2.40. The fourth-order valence-corrected chi connectivity index (χ4v) is 3.05. The minimum absolute atomic E-state index is 0.277. The molecule has 2 heterocycles. The number of pyridine rings is 1. The van der Waals surface area contributed by atoms with E-state index in [0.717, 1.165) is 30.7 Å². The second kappa shape index (κ2) is 6.79. The second-order valence-corrected chi connectivity index (χ2v) is 6.27. The molecule has 0 radical (unpaired) electrons. The topological polar surface area (TPSA) is 45.4 Å². The standard InChI is InChI=1S/C14H23BrN4/c1-11(2)18-3-5-19(6-4-18)14(8-16)12-7-13(15)10-17-9-12/h7,9-11,14H,3-6,8,16H2,1-2H3. The van der Waals surface area contributed by atoms with Crippen LogP contribution in [0.3, 0.4) is 0 Å². The van der Waals surface area contributed by atoms with Crippen LogP contribution < -0.4 is 5.73 Å². The second-order valence-electron chi connectivity index (χ2n) is 5.35. The maximum absolute atomic E-state index is 5.98. The van der Waals surface area contributed by atoms with Crippen LogP contribution in [-0.4, -0.2) is 53.5 Å². The van der Waals surface area contributed by atoms with Gasteiger partial charge in [0.1, 0.15) is 0 Å². The number of aromatic nitrogens is 1. The summed E-state index contributed by atoms with van der Waals surface area (Å²) in [6, 6.07) is 3.03. The molecular weight excluding hydrogens is 304 g/mol. The zero-order valence-electron chi connectivity index (χ0n) is 11.7. The summed E-state index contributed by atoms with van der Waals surface area (Å²) < 4.78 is 1.02. The molecule has 1 fully saturated rings. The summed E-state index contributed by atoms with van der Waals surface area (Å²) in [5.41, 5.74) is 7.19. The Hall–Kier alpha value is -0.490. The van der Waals surface area contributed by atoms with Crippen molar-refractivity contribution in [3.8, 4) is 0 Å². The van der Waals surface area contributed by atoms with Crippen molar-refractivity contribution >= 4 is 15.9 Å². The first-order chi connectivity index (χ1) is 9.11. The molecule has 1 saturated heterocycles. The molecule has 0 aromatic carbocycles. The van der Waals surface area contributed by atoms with Gasteiger partial charge in [-0.05, 0) is 41.4 Å². The Morgan fingerprint density at radius 3 is 2.37 bits per heavy atom. The van der Waals surface area contributed by atoms with E-state index in [9.17, 15) is 0 Å². The fourth-order valence-electron chi connectivity index (χ4n) is 2.67. The third-order valence-electron chi connectivity index (χ3n) is 3.85. The lowest BCUT2D eigenvalue weighted by atomic mass is 10.1. The highest BCUT2D eigenvalue weighted by atomic mass is 79.9. The molecule has 0 aliphatic carbocycles. The van der Waals surface area contributed by atoms with Crippen LogP contribution in [0.15, 0.2) is 22.9 Å². The van der Waals surface area contributed by atoms with Crippen molar-refractivity contribution in [2.45, 2.75) is 25.9 Å². The molecule has 4 nitrogen and oxygen atoms in total. The van der Waals surface area contributed by atoms with Gasteiger partial charge in [0.25, 0.3) is 0 Å². The number of hydrogen-bond donors (Lipinski definition) is 1. The Balaban J connectivity index is 2.03. The molecule has 5 heteroatoms. The van der Waals surface area contributed by atoms with Crippen LogP contribution in [0.25, 0.3) is 0 Å². The van der Waals surface area contributed by atoms with Gasteiger partial charge in [-0.15, -0.1) is 0 Å². The molecule has 1 aliphatic heterocycles. The highest BCUT2D eigenvalue weighted by molar-refractivity contribution is 9.10. The van der Waals surface area contributed by atoms with Crippen molar-refractivity contribution in [2.75, 3.05) is 32.7 Å². The summed E-state index contributed by atoms with van der Waals surface area (Å²) in [5, 5.41) is 0. The maximum atomic E-state index is 5.98. The SMILES string of the molecule is CC(C)N1CCN(C(CN)c2cncc(Br)c2)CC1. The molecule has 0 saturated carbocycles. The minimum atomic E-state index is 0.277. The summed E-state index contributed by atoms with van der Waals surface area (Å²) in [6.07, 6.45) is 3.74. The van der Waals surface area contributed by atoms with Crippen LogP contribution in [0.5, 0.6) is 0 Å². The summed E-state index contributed by atoms with van der Waals surface area (Å²) in [6.45, 7) is 9.55. The normalized spacial score (nSPS) is 19.8. The highest BCUT2D eigenvalue weighted by Crippen LogP contribution is 2.23. The van der Waals surface area contributed by atoms with Crippen molar-refractivity contribution < 1.29 is 0 Å². The highest BCUT2D eigenvalue weighted by Gasteiger charge is 2.25. The average molecular weight is 327 g/mol. The van der Waals surface area contributed by atoms with Gasteiger partial charge in [-0.1, -0.05) is 0 Å². The van der Waals surface area contributed by atoms with Crippen molar-refractivity contribution in [3.63, 3.8) is 0 Å². The summed E-state index contributed by atoms with van der Waals surface area (Å²) in [5.74, 6) is 0. The Kier molecular flexibility index (Phi) is 5.33. The van der Waals surface area contributed by atoms with Gasteiger partial charge in [0.15, 0.2) is 0 Å². The van der Waals surface area contributed by atoms with Crippen LogP contribution in [-0.2, 0) is 0 Å². The first-order valence-corrected chi connectivity index (χ1v) is 7.69. The van der Waals surface area contributed by atoms with Crippen LogP contribution >= 0.6 is 15.9 Å². The van der Waals surface area contributed by atoms with Crippen molar-refractivity contribution in [1.29, 1.82) is 0 Å². The number of nitrogens with two attached hydrogens (primary N) is 1. The Morgan fingerprint density at radius 2 is 1.84 bits per heavy atom. The third kappa shape index (κ3) is 3.75. The maximum Gasteiger partial charge on any atom is 0.0487 e. The predicted octanol–water partition coefficient (Wildman–Crippen LogP) is 1.87. The number of nitrogens with zero attached hydrogens (tertiary/aromatic N) is 3. The van der Waals surface area contributed by atoms with Crippen LogP contribution in [0.1, 0.15) is 25.5 Å². The van der Waals surface area contributed by atoms with E-state index in [1.165, 1.54) is 5.56 Å². The molecule has 2 rings (SSSR count). The zero-order chi connectivity index (χ0) is 13.8. The Morgan fingerprint density at radius 1 is 1.21 bits per heavy atom. The van der Waals surface area contributed by atoms with Crippen LogP contribution in [0.4, 0.5) is 0 Å². The smallest absolute Gasteiger partial charge is 0.0487 e. The minimum Gasteiger partial charge on any atom is -0.329 e. The van der Waals surface area contributed by atoms with Crippen molar-refractivity contribution in [3.05, 3.63) is 28.5 Å². The fraction of sp³-hybridized carbons (Fsp3) is 0.643. The first-order valence-electron chi connectivity index (χ1n) is 6.90. The molecule has 0 spiro atoms. The molecule has 1 unspecified atom stereocenters. The number of hydrogen-bond acceptors (Lipinski definition) is 4. The summed E-state index contributed by atoms with van der Waals surface area (Å²) >= 11 is 3.48. The molecule has 1 aliphatic rings. The Labute approximate surface area is 124 Å². The van der Waals surface area contributed by atoms with Gasteiger partial charge in [-0.2, -0.15) is 0 Å². The molecule has 0 amide bonds. The van der Waals surface area contributed by atoms with Gasteiger partial charge in [-0.25, -0.2) is 0 Å². The lowest BCUT2D eigenvalue weighted by molar-refractivity contribution is 0.0801. The van der Waals surface area contributed by atoms with E-state index in [0.29, 0.717) is 12.6 Å². The lowest BCUT2D eigenvalue weighted by Crippen LogP contribution is -2.50. The van der Waals surface area contributed by atoms with Gasteiger partial charge >= 0.3 is 0 Å². The van der Waals surface area contributed by atoms with Crippen LogP contribution in [0.2, 0.25) is 0 Å². The molecule has 1 atom stereocenters. The van der Waals surface area contributed by atoms with Crippen molar-refractivity contribution in [2.24, 2.45) is 5.73 Å². The van der Waals surface area contributed by atoms with Gasteiger partial charge < -0.3 is 5.73 Å². The molecule has 1 aromatic rings. The van der Waals surface area contributed by atoms with Gasteiger partial charge in [0.2, 0.25) is 0 Å². The van der Waals surface area contributed by atoms with E-state index in [1.807, 2.05) is 12.4 Å². The van der Waals surface area contributed by atoms with E-state index in [-0.39, 0.29) is 6.04 Å². The third-order valence-corrected chi connectivity index (χ3v) is 4.29. The van der Waals surface area contributed by atoms with E-state index >= 15 is 0 Å². The van der Waals surface area contributed by atoms with E-state index in [2.05, 4.69) is 50.6 Å². The largest absolute Gasteiger partial charge is 0.329 e. The lowest BCUT2D eigenvalue weighted by Gasteiger charge is -2.40. The Bertz CT molecular complexity index is 402. The van der Waals surface area contributed by atoms with E-state index < -0.39 is 0 Å². The molecule has 1 aromatic heterocycles. The van der Waals surface area contributed by atoms with Gasteiger partial charge in [-0.3, -0.25) is 14.8 Å². The number of piperazine rings is 1. The molecule has 2 N–H and O–H groups in total. The van der Waals surface area contributed by atoms with Crippen molar-refractivity contribution in [1.82, 2.24) is 14.8 Å². The van der Waals surface area contributed by atoms with Gasteiger partial charge in [0.05, 0.1) is 0 Å². The van der Waals surface area contributed by atoms with Gasteiger partial charge in [0, 0.05) is 61.7 Å². The molecule has 19 heavy (non-hydrogen) atoms. The summed E-state index contributed by atoms with van der Waals surface area (Å²) in [7, 11) is 0. The predicted molar refractivity (Wildman–Crippen MR) is 82.0 cm³/mol. The summed E-state index contributed by atoms with van der Waals surface area (Å²) in [4.78, 5) is 9.24. The van der Waals surface area contributed by atoms with E-state index in [4.69, 9.17) is 5.73 Å². The first kappa shape index (κ1) is 14.9. The molecule has 0 bridgehead atoms. The number of rotatable bonds is 4. The number of halogens is 1. The zero-order valence-corrected chi connectivity index (χ0v) is 13.3. The van der Waals surface area contributed by atoms with Crippen LogP contribution in [0, 0.1) is 0 Å². The molecular formula is C14H23BrN4. The van der Waals surface area contributed by atoms with E-state index in [1.54, 1.807) is 0 Å². The monoisotopic (exact) mass is 326 g/mol. The molecule has 106 valence electrons. The quantitative estimate of drug-likeness (QED) is 0.917.